The standard InChI is InChI=1S/C53H68ClN7O6/c1-34-36(37-15-10-18-40(44(37)54)58-48(63)46-56-41-32-61(31-21-43(41)60(46)3)30-7-6-25-52(49(64)65)23-4-5-24-52)14-9-16-38(34)57-47(62)45-55-39-17-8-12-35(19-20-42(39)59(45)2)13-11-22-51-26-28-53(33-51,29-27-51)50(66)67/h9-10,14-16,18,35H,4-8,11-13,17,19-33H2,1-3H3,(H,57,62)(H,58,63)(H,64,65)(H,66,67). The lowest BCUT2D eigenvalue weighted by atomic mass is 9.78. The lowest BCUT2D eigenvalue weighted by molar-refractivity contribution is -0.149. The molecule has 2 aromatic carbocycles. The maximum atomic E-state index is 14.0. The summed E-state index contributed by atoms with van der Waals surface area (Å²) in [6.45, 7) is 4.33. The van der Waals surface area contributed by atoms with E-state index in [9.17, 15) is 29.4 Å². The number of nitrogens with one attached hydrogen (secondary N) is 2. The zero-order valence-corrected chi connectivity index (χ0v) is 40.4. The third-order valence-electron chi connectivity index (χ3n) is 17.1. The Balaban J connectivity index is 0.805. The van der Waals surface area contributed by atoms with Crippen LogP contribution in [0.2, 0.25) is 5.02 Å². The van der Waals surface area contributed by atoms with Crippen molar-refractivity contribution in [3.63, 3.8) is 0 Å². The molecule has 1 unspecified atom stereocenters. The third-order valence-corrected chi connectivity index (χ3v) is 17.5. The van der Waals surface area contributed by atoms with Gasteiger partial charge < -0.3 is 30.0 Å². The van der Waals surface area contributed by atoms with E-state index in [0.717, 1.165) is 181 Å². The summed E-state index contributed by atoms with van der Waals surface area (Å²) in [4.78, 5) is 63.8. The highest BCUT2D eigenvalue weighted by atomic mass is 35.5. The van der Waals surface area contributed by atoms with Crippen LogP contribution in [0.4, 0.5) is 11.4 Å². The number of imidazole rings is 2. The van der Waals surface area contributed by atoms with Crippen LogP contribution in [0.15, 0.2) is 36.4 Å². The Bertz CT molecular complexity index is 2550. The highest BCUT2D eigenvalue weighted by molar-refractivity contribution is 6.36. The number of aryl methyl sites for hydroxylation is 1. The molecule has 2 amide bonds. The smallest absolute Gasteiger partial charge is 0.309 e. The van der Waals surface area contributed by atoms with E-state index in [0.29, 0.717) is 40.5 Å². The zero-order chi connectivity index (χ0) is 47.1. The van der Waals surface area contributed by atoms with Gasteiger partial charge >= 0.3 is 11.9 Å². The highest BCUT2D eigenvalue weighted by Crippen LogP contribution is 2.63. The SMILES string of the molecule is Cc1c(NC(=O)c2nc3c(n2C)CCC(CCCC24CCC(C(=O)O)(CC2)C4)CCC3)cccc1-c1cccc(NC(=O)c2nc3c(n2C)CCN(CCCCC2(C(=O)O)CCCC2)C3)c1Cl. The Morgan fingerprint density at radius 1 is 0.731 bits per heavy atom. The summed E-state index contributed by atoms with van der Waals surface area (Å²) in [5.41, 5.74) is 6.82. The van der Waals surface area contributed by atoms with Crippen LogP contribution >= 0.6 is 11.6 Å². The molecule has 0 spiro atoms. The van der Waals surface area contributed by atoms with Crippen LogP contribution < -0.4 is 10.6 Å². The van der Waals surface area contributed by atoms with E-state index >= 15 is 0 Å². The van der Waals surface area contributed by atoms with Crippen LogP contribution in [0, 0.1) is 29.1 Å². The van der Waals surface area contributed by atoms with Crippen LogP contribution in [-0.4, -0.2) is 71.1 Å². The summed E-state index contributed by atoms with van der Waals surface area (Å²) in [6, 6.07) is 11.3. The second-order valence-electron chi connectivity index (χ2n) is 21.1. The Morgan fingerprint density at radius 2 is 1.39 bits per heavy atom. The fraction of sp³-hybridized carbons (Fsp3) is 0.585. The summed E-state index contributed by atoms with van der Waals surface area (Å²) < 4.78 is 3.86. The maximum absolute atomic E-state index is 14.0. The van der Waals surface area contributed by atoms with Crippen LogP contribution in [-0.2, 0) is 49.5 Å². The molecule has 9 rings (SSSR count). The molecular formula is C53H68ClN7O6. The van der Waals surface area contributed by atoms with Crippen molar-refractivity contribution >= 4 is 46.7 Å². The van der Waals surface area contributed by atoms with Crippen molar-refractivity contribution in [2.24, 2.45) is 36.3 Å². The molecule has 4 aliphatic carbocycles. The lowest BCUT2D eigenvalue weighted by Crippen LogP contribution is -2.32. The number of nitrogens with zero attached hydrogens (tertiary/aromatic N) is 5. The van der Waals surface area contributed by atoms with Gasteiger partial charge in [0.2, 0.25) is 0 Å². The van der Waals surface area contributed by atoms with Gasteiger partial charge in [-0.25, -0.2) is 9.97 Å². The van der Waals surface area contributed by atoms with Crippen molar-refractivity contribution in [1.29, 1.82) is 0 Å². The van der Waals surface area contributed by atoms with Crippen molar-refractivity contribution in [2.75, 3.05) is 23.7 Å². The van der Waals surface area contributed by atoms with Crippen molar-refractivity contribution in [3.05, 3.63) is 81.4 Å². The van der Waals surface area contributed by atoms with Gasteiger partial charge in [-0.3, -0.25) is 24.1 Å². The first-order chi connectivity index (χ1) is 32.2. The number of carboxylic acids is 2. The van der Waals surface area contributed by atoms with Crippen molar-refractivity contribution in [2.45, 2.75) is 148 Å². The molecule has 2 bridgehead atoms. The van der Waals surface area contributed by atoms with Crippen molar-refractivity contribution < 1.29 is 29.4 Å². The van der Waals surface area contributed by atoms with Gasteiger partial charge in [0.1, 0.15) is 0 Å². The van der Waals surface area contributed by atoms with Gasteiger partial charge in [0.15, 0.2) is 11.6 Å². The van der Waals surface area contributed by atoms with E-state index in [2.05, 4.69) is 15.5 Å². The molecule has 4 aromatic rings. The number of halogens is 1. The van der Waals surface area contributed by atoms with E-state index in [1.165, 1.54) is 6.42 Å². The number of benzene rings is 2. The molecule has 4 N–H and O–H groups in total. The number of rotatable bonds is 16. The number of carboxylic acid groups (broad SMARTS) is 2. The minimum atomic E-state index is -0.640. The minimum absolute atomic E-state index is 0.239. The van der Waals surface area contributed by atoms with Gasteiger partial charge in [-0.2, -0.15) is 0 Å². The average molecular weight is 935 g/mol. The van der Waals surface area contributed by atoms with Gasteiger partial charge in [-0.15, -0.1) is 0 Å². The molecule has 13 nitrogen and oxygen atoms in total. The molecule has 3 heterocycles. The van der Waals surface area contributed by atoms with E-state index < -0.39 is 22.8 Å². The molecule has 5 aliphatic rings. The third kappa shape index (κ3) is 9.31. The predicted octanol–water partition coefficient (Wildman–Crippen LogP) is 10.6. The Hall–Kier alpha value is -5.01. The van der Waals surface area contributed by atoms with E-state index in [1.54, 1.807) is 6.07 Å². The topological polar surface area (TPSA) is 172 Å². The number of aromatic nitrogens is 4. The van der Waals surface area contributed by atoms with Gasteiger partial charge in [-0.1, -0.05) is 74.4 Å². The lowest BCUT2D eigenvalue weighted by Gasteiger charge is -2.28. The van der Waals surface area contributed by atoms with Crippen LogP contribution in [0.3, 0.4) is 0 Å². The van der Waals surface area contributed by atoms with Crippen LogP contribution in [0.1, 0.15) is 165 Å². The monoisotopic (exact) mass is 933 g/mol. The van der Waals surface area contributed by atoms with E-state index in [4.69, 9.17) is 21.6 Å². The number of hydrogen-bond donors (Lipinski definition) is 4. The first-order valence-corrected chi connectivity index (χ1v) is 25.4. The Labute approximate surface area is 399 Å². The molecule has 2 aromatic heterocycles. The summed E-state index contributed by atoms with van der Waals surface area (Å²) in [5.74, 6) is -0.511. The second kappa shape index (κ2) is 19.2. The first-order valence-electron chi connectivity index (χ1n) is 25.0. The minimum Gasteiger partial charge on any atom is -0.481 e. The number of amides is 2. The van der Waals surface area contributed by atoms with Gasteiger partial charge in [0, 0.05) is 56.2 Å². The van der Waals surface area contributed by atoms with Crippen molar-refractivity contribution in [1.82, 2.24) is 24.0 Å². The molecule has 14 heteroatoms. The molecule has 358 valence electrons. The average Bonchev–Trinajstić information content (AvgIpc) is 4.14. The first kappa shape index (κ1) is 47.1. The largest absolute Gasteiger partial charge is 0.481 e. The fourth-order valence-electron chi connectivity index (χ4n) is 13.0. The number of carbonyl (C=O) groups excluding carboxylic acids is 2. The quantitative estimate of drug-likeness (QED) is 0.0798. The molecular weight excluding hydrogens is 866 g/mol. The van der Waals surface area contributed by atoms with Crippen LogP contribution in [0.5, 0.6) is 0 Å². The second-order valence-corrected chi connectivity index (χ2v) is 21.4. The number of carbonyl (C=O) groups is 4. The van der Waals surface area contributed by atoms with E-state index in [1.807, 2.05) is 60.5 Å². The fourth-order valence-corrected chi connectivity index (χ4v) is 13.3. The number of anilines is 2. The summed E-state index contributed by atoms with van der Waals surface area (Å²) in [5, 5.41) is 26.3. The summed E-state index contributed by atoms with van der Waals surface area (Å²) in [6.07, 6.45) is 20.0. The highest BCUT2D eigenvalue weighted by Gasteiger charge is 2.57. The number of unbranched alkanes of at least 4 members (excludes halogenated alkanes) is 1. The summed E-state index contributed by atoms with van der Waals surface area (Å²) >= 11 is 7.09. The zero-order valence-electron chi connectivity index (χ0n) is 39.7. The van der Waals surface area contributed by atoms with Gasteiger partial charge in [-0.05, 0) is 138 Å². The molecule has 1 aliphatic heterocycles. The molecule has 67 heavy (non-hydrogen) atoms. The molecule has 3 saturated carbocycles. The Morgan fingerprint density at radius 3 is 2.07 bits per heavy atom. The van der Waals surface area contributed by atoms with Crippen molar-refractivity contribution in [3.8, 4) is 11.1 Å². The Kier molecular flexibility index (Phi) is 13.5. The van der Waals surface area contributed by atoms with E-state index in [-0.39, 0.29) is 17.2 Å². The predicted molar refractivity (Wildman–Crippen MR) is 260 cm³/mol. The molecule has 3 fully saturated rings. The normalized spacial score (nSPS) is 23.3. The maximum Gasteiger partial charge on any atom is 0.309 e. The molecule has 0 radical (unpaired) electrons. The van der Waals surface area contributed by atoms with Crippen LogP contribution in [0.25, 0.3) is 11.1 Å². The number of hydrogen-bond acceptors (Lipinski definition) is 7. The number of fused-ring (bicyclic) bond motifs is 4. The molecule has 1 atom stereocenters. The molecule has 0 saturated heterocycles. The summed E-state index contributed by atoms with van der Waals surface area (Å²) in [7, 11) is 3.83. The van der Waals surface area contributed by atoms with Gasteiger partial charge in [0.05, 0.1) is 32.9 Å². The number of aliphatic carboxylic acids is 2. The van der Waals surface area contributed by atoms with Gasteiger partial charge in [0.25, 0.3) is 11.8 Å².